The van der Waals surface area contributed by atoms with Crippen LogP contribution in [0.3, 0.4) is 0 Å². The van der Waals surface area contributed by atoms with Crippen LogP contribution < -0.4 is 17.7 Å². The van der Waals surface area contributed by atoms with Crippen LogP contribution in [0.15, 0.2) is 41.6 Å². The molecule has 0 aliphatic heterocycles. The predicted octanol–water partition coefficient (Wildman–Crippen LogP) is 0.369. The largest absolute Gasteiger partial charge is 1.00 e. The van der Waals surface area contributed by atoms with Crippen molar-refractivity contribution in [2.45, 2.75) is 32.0 Å². The summed E-state index contributed by atoms with van der Waals surface area (Å²) in [6.07, 6.45) is 1.12. The summed E-state index contributed by atoms with van der Waals surface area (Å²) < 4.78 is 0. The lowest BCUT2D eigenvalue weighted by Gasteiger charge is -2.05. The number of aromatic nitrogens is 2. The Balaban J connectivity index is 0.00000220. The Hall–Kier alpha value is -1.10. The highest BCUT2D eigenvalue weighted by Gasteiger charge is 2.00. The zero-order valence-corrected chi connectivity index (χ0v) is 14.0. The van der Waals surface area contributed by atoms with Crippen molar-refractivity contribution in [1.29, 1.82) is 0 Å². The molecule has 0 fully saturated rings. The van der Waals surface area contributed by atoms with Gasteiger partial charge in [0.1, 0.15) is 0 Å². The first-order valence-electron chi connectivity index (χ1n) is 6.94. The van der Waals surface area contributed by atoms with Crippen LogP contribution in [-0.4, -0.2) is 22.3 Å². The predicted molar refractivity (Wildman–Crippen MR) is 85.0 cm³/mol. The summed E-state index contributed by atoms with van der Waals surface area (Å²) in [7, 11) is 0. The van der Waals surface area contributed by atoms with E-state index in [0.717, 1.165) is 41.8 Å². The third-order valence-corrected chi connectivity index (χ3v) is 3.80. The van der Waals surface area contributed by atoms with Gasteiger partial charge in [0.05, 0.1) is 0 Å². The molecule has 114 valence electrons. The lowest BCUT2D eigenvalue weighted by Crippen LogP contribution is -3.00. The normalized spacial score (nSPS) is 10.2. The Morgan fingerprint density at radius 1 is 1.05 bits per heavy atom. The van der Waals surface area contributed by atoms with E-state index in [1.54, 1.807) is 11.8 Å². The molecule has 0 aliphatic rings. The van der Waals surface area contributed by atoms with Crippen LogP contribution in [0.5, 0.6) is 0 Å². The average Bonchev–Trinajstić information content (AvgIpc) is 2.43. The molecule has 2 aromatic rings. The Kier molecular flexibility index (Phi) is 8.35. The molecule has 0 bridgehead atoms. The van der Waals surface area contributed by atoms with E-state index in [-0.39, 0.29) is 12.4 Å². The Morgan fingerprint density at radius 2 is 1.71 bits per heavy atom. The molecule has 0 unspecified atom stereocenters. The minimum atomic E-state index is 0. The lowest BCUT2D eigenvalue weighted by atomic mass is 10.2. The molecular weight excluding hydrogens is 302 g/mol. The molecule has 1 N–H and O–H groups in total. The van der Waals surface area contributed by atoms with E-state index in [0.29, 0.717) is 0 Å². The number of hydrogen-bond acceptors (Lipinski definition) is 4. The van der Waals surface area contributed by atoms with Gasteiger partial charge in [-0.05, 0) is 38.4 Å². The lowest BCUT2D eigenvalue weighted by molar-refractivity contribution is -0.00000443. The third kappa shape index (κ3) is 6.93. The second-order valence-electron chi connectivity index (χ2n) is 4.80. The van der Waals surface area contributed by atoms with Crippen LogP contribution in [0.4, 0.5) is 0 Å². The van der Waals surface area contributed by atoms with Crippen molar-refractivity contribution in [1.82, 2.24) is 15.3 Å². The summed E-state index contributed by atoms with van der Waals surface area (Å²) in [6.45, 7) is 5.98. The van der Waals surface area contributed by atoms with Gasteiger partial charge in [0, 0.05) is 23.7 Å². The zero-order chi connectivity index (χ0) is 14.2. The van der Waals surface area contributed by atoms with E-state index < -0.39 is 0 Å². The highest BCUT2D eigenvalue weighted by atomic mass is 35.5. The van der Waals surface area contributed by atoms with Crippen molar-refractivity contribution in [3.05, 3.63) is 53.3 Å². The average molecular weight is 323 g/mol. The first kappa shape index (κ1) is 18.0. The fraction of sp³-hybridized carbons (Fsp3) is 0.375. The van der Waals surface area contributed by atoms with Gasteiger partial charge in [-0.15, -0.1) is 0 Å². The van der Waals surface area contributed by atoms with Crippen LogP contribution >= 0.6 is 11.8 Å². The van der Waals surface area contributed by atoms with Crippen LogP contribution in [0, 0.1) is 13.8 Å². The molecule has 21 heavy (non-hydrogen) atoms. The summed E-state index contributed by atoms with van der Waals surface area (Å²) in [6, 6.07) is 12.5. The summed E-state index contributed by atoms with van der Waals surface area (Å²) in [5.41, 5.74) is 3.42. The number of aryl methyl sites for hydroxylation is 2. The van der Waals surface area contributed by atoms with Crippen molar-refractivity contribution in [3.63, 3.8) is 0 Å². The molecule has 0 atom stereocenters. The summed E-state index contributed by atoms with van der Waals surface area (Å²) in [4.78, 5) is 8.86. The van der Waals surface area contributed by atoms with Gasteiger partial charge in [0.2, 0.25) is 0 Å². The molecule has 0 saturated carbocycles. The SMILES string of the molecule is Cc1cc(C)nc(SCCCNCc2ccccc2)n1.[Cl-]. The maximum atomic E-state index is 4.43. The van der Waals surface area contributed by atoms with E-state index in [1.807, 2.05) is 26.0 Å². The van der Waals surface area contributed by atoms with Gasteiger partial charge >= 0.3 is 0 Å². The highest BCUT2D eigenvalue weighted by Crippen LogP contribution is 2.14. The smallest absolute Gasteiger partial charge is 0.187 e. The molecule has 0 aliphatic carbocycles. The maximum absolute atomic E-state index is 4.43. The van der Waals surface area contributed by atoms with Gasteiger partial charge in [0.25, 0.3) is 0 Å². The molecule has 1 aromatic carbocycles. The Labute approximate surface area is 137 Å². The van der Waals surface area contributed by atoms with Crippen molar-refractivity contribution < 1.29 is 12.4 Å². The van der Waals surface area contributed by atoms with Gasteiger partial charge in [-0.1, -0.05) is 42.1 Å². The molecular formula is C16H21ClN3S-. The summed E-state index contributed by atoms with van der Waals surface area (Å²) in [5.74, 6) is 1.05. The fourth-order valence-electron chi connectivity index (χ4n) is 1.95. The number of thioether (sulfide) groups is 1. The quantitative estimate of drug-likeness (QED) is 0.454. The molecule has 1 aromatic heterocycles. The van der Waals surface area contributed by atoms with E-state index in [1.165, 1.54) is 5.56 Å². The first-order chi connectivity index (χ1) is 9.74. The molecule has 3 nitrogen and oxygen atoms in total. The van der Waals surface area contributed by atoms with Crippen molar-refractivity contribution in [2.75, 3.05) is 12.3 Å². The molecule has 2 rings (SSSR count). The van der Waals surface area contributed by atoms with Crippen LogP contribution in [0.1, 0.15) is 23.4 Å². The van der Waals surface area contributed by atoms with Crippen molar-refractivity contribution >= 4 is 11.8 Å². The van der Waals surface area contributed by atoms with Gasteiger partial charge in [-0.3, -0.25) is 0 Å². The van der Waals surface area contributed by atoms with Crippen LogP contribution in [0.2, 0.25) is 0 Å². The highest BCUT2D eigenvalue weighted by molar-refractivity contribution is 7.99. The van der Waals surface area contributed by atoms with Crippen LogP contribution in [0.25, 0.3) is 0 Å². The van der Waals surface area contributed by atoms with Gasteiger partial charge in [-0.25, -0.2) is 9.97 Å². The van der Waals surface area contributed by atoms with E-state index in [9.17, 15) is 0 Å². The third-order valence-electron chi connectivity index (χ3n) is 2.86. The second kappa shape index (κ2) is 9.77. The minimum Gasteiger partial charge on any atom is -1.00 e. The minimum absolute atomic E-state index is 0. The number of benzene rings is 1. The topological polar surface area (TPSA) is 37.8 Å². The first-order valence-corrected chi connectivity index (χ1v) is 7.92. The van der Waals surface area contributed by atoms with Gasteiger partial charge in [0.15, 0.2) is 5.16 Å². The number of nitrogens with one attached hydrogen (secondary N) is 1. The Bertz CT molecular complexity index is 514. The zero-order valence-electron chi connectivity index (χ0n) is 12.5. The molecule has 0 saturated heterocycles. The summed E-state index contributed by atoms with van der Waals surface area (Å²) >= 11 is 1.73. The van der Waals surface area contributed by atoms with E-state index >= 15 is 0 Å². The number of hydrogen-bond donors (Lipinski definition) is 1. The maximum Gasteiger partial charge on any atom is 0.187 e. The molecule has 0 amide bonds. The number of halogens is 1. The summed E-state index contributed by atoms with van der Waals surface area (Å²) in [5, 5.41) is 4.35. The van der Waals surface area contributed by atoms with Crippen molar-refractivity contribution in [2.24, 2.45) is 0 Å². The fourth-order valence-corrected chi connectivity index (χ4v) is 2.84. The van der Waals surface area contributed by atoms with Gasteiger partial charge < -0.3 is 17.7 Å². The Morgan fingerprint density at radius 3 is 2.38 bits per heavy atom. The number of rotatable bonds is 7. The number of nitrogens with zero attached hydrogens (tertiary/aromatic N) is 2. The monoisotopic (exact) mass is 322 g/mol. The van der Waals surface area contributed by atoms with E-state index in [2.05, 4.69) is 39.6 Å². The van der Waals surface area contributed by atoms with Crippen molar-refractivity contribution in [3.8, 4) is 0 Å². The molecule has 1 heterocycles. The molecule has 0 spiro atoms. The molecule has 5 heteroatoms. The second-order valence-corrected chi connectivity index (χ2v) is 5.86. The van der Waals surface area contributed by atoms with Crippen LogP contribution in [-0.2, 0) is 6.54 Å². The van der Waals surface area contributed by atoms with E-state index in [4.69, 9.17) is 0 Å². The molecule has 0 radical (unpaired) electrons. The standard InChI is InChI=1S/C16H21N3S.ClH/c1-13-11-14(2)19-16(18-13)20-10-6-9-17-12-15-7-4-3-5-8-15;/h3-5,7-8,11,17H,6,9-10,12H2,1-2H3;1H/p-1. The van der Waals surface area contributed by atoms with Gasteiger partial charge in [-0.2, -0.15) is 0 Å².